The zero-order chi connectivity index (χ0) is 10.4. The van der Waals surface area contributed by atoms with Gasteiger partial charge < -0.3 is 5.73 Å². The van der Waals surface area contributed by atoms with Crippen LogP contribution in [0, 0.1) is 5.92 Å². The molecule has 0 fully saturated rings. The fraction of sp³-hybridized carbons (Fsp3) is 0.583. The topological polar surface area (TPSA) is 38.9 Å². The molecule has 1 aromatic heterocycles. The van der Waals surface area contributed by atoms with Crippen molar-refractivity contribution in [3.63, 3.8) is 0 Å². The molecule has 0 aliphatic carbocycles. The van der Waals surface area contributed by atoms with Gasteiger partial charge in [-0.1, -0.05) is 19.9 Å². The summed E-state index contributed by atoms with van der Waals surface area (Å²) in [6.07, 6.45) is 7.09. The predicted octanol–water partition coefficient (Wildman–Crippen LogP) is 2.39. The van der Waals surface area contributed by atoms with E-state index in [0.29, 0.717) is 12.0 Å². The van der Waals surface area contributed by atoms with E-state index in [-0.39, 0.29) is 0 Å². The van der Waals surface area contributed by atoms with E-state index in [1.165, 1.54) is 5.56 Å². The van der Waals surface area contributed by atoms with Crippen LogP contribution in [0.2, 0.25) is 0 Å². The minimum absolute atomic E-state index is 0.340. The monoisotopic (exact) mass is 192 g/mol. The molecule has 1 atom stereocenters. The maximum Gasteiger partial charge on any atom is 0.0299 e. The van der Waals surface area contributed by atoms with Gasteiger partial charge in [-0.05, 0) is 36.8 Å². The molecule has 1 unspecified atom stereocenters. The summed E-state index contributed by atoms with van der Waals surface area (Å²) in [4.78, 5) is 4.09. The summed E-state index contributed by atoms with van der Waals surface area (Å²) in [6.45, 7) is 4.35. The van der Waals surface area contributed by atoms with Crippen molar-refractivity contribution < 1.29 is 0 Å². The average Bonchev–Trinajstić information content (AvgIpc) is 2.19. The summed E-state index contributed by atoms with van der Waals surface area (Å²) in [5, 5.41) is 0. The smallest absolute Gasteiger partial charge is 0.0299 e. The first-order valence-electron chi connectivity index (χ1n) is 5.34. The van der Waals surface area contributed by atoms with E-state index in [4.69, 9.17) is 5.73 Å². The minimum atomic E-state index is 0.340. The molecular weight excluding hydrogens is 172 g/mol. The Kier molecular flexibility index (Phi) is 4.60. The molecule has 1 heterocycles. The van der Waals surface area contributed by atoms with Gasteiger partial charge in [0.15, 0.2) is 0 Å². The van der Waals surface area contributed by atoms with Crippen molar-refractivity contribution in [3.8, 4) is 0 Å². The summed E-state index contributed by atoms with van der Waals surface area (Å²) < 4.78 is 0. The summed E-state index contributed by atoms with van der Waals surface area (Å²) >= 11 is 0. The van der Waals surface area contributed by atoms with Gasteiger partial charge in [0.05, 0.1) is 0 Å². The molecule has 0 aliphatic rings. The van der Waals surface area contributed by atoms with Gasteiger partial charge in [-0.25, -0.2) is 0 Å². The number of nitrogens with zero attached hydrogens (tertiary/aromatic N) is 1. The van der Waals surface area contributed by atoms with Crippen molar-refractivity contribution in [2.75, 3.05) is 0 Å². The highest BCUT2D eigenvalue weighted by Crippen LogP contribution is 2.09. The van der Waals surface area contributed by atoms with Crippen LogP contribution in [0.1, 0.15) is 32.3 Å². The van der Waals surface area contributed by atoms with E-state index >= 15 is 0 Å². The fourth-order valence-corrected chi connectivity index (χ4v) is 1.42. The second kappa shape index (κ2) is 5.76. The first-order chi connectivity index (χ1) is 6.70. The molecule has 2 N–H and O–H groups in total. The molecule has 0 bridgehead atoms. The molecule has 0 radical (unpaired) electrons. The van der Waals surface area contributed by atoms with Crippen molar-refractivity contribution in [1.82, 2.24) is 4.98 Å². The number of hydrogen-bond donors (Lipinski definition) is 1. The quantitative estimate of drug-likeness (QED) is 0.778. The van der Waals surface area contributed by atoms with E-state index in [2.05, 4.69) is 24.9 Å². The Balaban J connectivity index is 2.22. The normalized spacial score (nSPS) is 13.1. The van der Waals surface area contributed by atoms with Gasteiger partial charge in [0, 0.05) is 18.4 Å². The van der Waals surface area contributed by atoms with Crippen LogP contribution in [0.3, 0.4) is 0 Å². The van der Waals surface area contributed by atoms with E-state index in [1.54, 1.807) is 0 Å². The average molecular weight is 192 g/mol. The van der Waals surface area contributed by atoms with E-state index in [0.717, 1.165) is 19.3 Å². The third-order valence-electron chi connectivity index (χ3n) is 2.58. The summed E-state index contributed by atoms with van der Waals surface area (Å²) in [6, 6.07) is 4.44. The first kappa shape index (κ1) is 11.2. The van der Waals surface area contributed by atoms with Crippen molar-refractivity contribution in [2.45, 2.75) is 39.2 Å². The van der Waals surface area contributed by atoms with Crippen LogP contribution in [0.15, 0.2) is 24.5 Å². The lowest BCUT2D eigenvalue weighted by Crippen LogP contribution is -2.26. The summed E-state index contributed by atoms with van der Waals surface area (Å²) in [5.74, 6) is 0.587. The van der Waals surface area contributed by atoms with Crippen molar-refractivity contribution >= 4 is 0 Å². The molecule has 0 aliphatic heterocycles. The Morgan fingerprint density at radius 2 is 2.21 bits per heavy atom. The van der Waals surface area contributed by atoms with Crippen molar-refractivity contribution in [3.05, 3.63) is 30.1 Å². The fourth-order valence-electron chi connectivity index (χ4n) is 1.42. The van der Waals surface area contributed by atoms with E-state index in [9.17, 15) is 0 Å². The molecule has 1 aromatic rings. The summed E-state index contributed by atoms with van der Waals surface area (Å²) in [5.41, 5.74) is 7.27. The number of aromatic nitrogens is 1. The van der Waals surface area contributed by atoms with E-state index in [1.807, 2.05) is 18.5 Å². The molecule has 0 spiro atoms. The molecular formula is C12H20N2. The highest BCUT2D eigenvalue weighted by atomic mass is 14.6. The third-order valence-corrected chi connectivity index (χ3v) is 2.58. The van der Waals surface area contributed by atoms with Crippen molar-refractivity contribution in [2.24, 2.45) is 11.7 Å². The zero-order valence-electron chi connectivity index (χ0n) is 9.11. The summed E-state index contributed by atoms with van der Waals surface area (Å²) in [7, 11) is 0. The Labute approximate surface area is 86.5 Å². The third kappa shape index (κ3) is 3.88. The number of hydrogen-bond acceptors (Lipinski definition) is 2. The van der Waals surface area contributed by atoms with Crippen molar-refractivity contribution in [1.29, 1.82) is 0 Å². The van der Waals surface area contributed by atoms with Crippen LogP contribution in [0.4, 0.5) is 0 Å². The number of aryl methyl sites for hydroxylation is 1. The largest absolute Gasteiger partial charge is 0.327 e. The predicted molar refractivity (Wildman–Crippen MR) is 60.0 cm³/mol. The molecule has 1 rings (SSSR count). The van der Waals surface area contributed by atoms with Crippen LogP contribution in [0.25, 0.3) is 0 Å². The molecule has 2 heteroatoms. The second-order valence-electron chi connectivity index (χ2n) is 4.16. The Morgan fingerprint density at radius 1 is 1.43 bits per heavy atom. The van der Waals surface area contributed by atoms with E-state index < -0.39 is 0 Å². The second-order valence-corrected chi connectivity index (χ2v) is 4.16. The van der Waals surface area contributed by atoms with Gasteiger partial charge in [0.1, 0.15) is 0 Å². The van der Waals surface area contributed by atoms with Gasteiger partial charge >= 0.3 is 0 Å². The van der Waals surface area contributed by atoms with Crippen LogP contribution >= 0.6 is 0 Å². The molecule has 2 nitrogen and oxygen atoms in total. The van der Waals surface area contributed by atoms with Gasteiger partial charge in [-0.2, -0.15) is 0 Å². The number of nitrogens with two attached hydrogens (primary N) is 1. The Bertz CT molecular complexity index is 244. The molecule has 78 valence electrons. The molecule has 0 aromatic carbocycles. The molecule has 0 saturated heterocycles. The zero-order valence-corrected chi connectivity index (χ0v) is 9.11. The number of rotatable bonds is 5. The van der Waals surface area contributed by atoms with Gasteiger partial charge in [0.25, 0.3) is 0 Å². The Morgan fingerprint density at radius 3 is 2.79 bits per heavy atom. The maximum absolute atomic E-state index is 5.97. The SMILES string of the molecule is CC(C)C(N)CCCc1cccnc1. The van der Waals surface area contributed by atoms with Crippen LogP contribution in [0.5, 0.6) is 0 Å². The van der Waals surface area contributed by atoms with Gasteiger partial charge in [-0.3, -0.25) is 4.98 Å². The van der Waals surface area contributed by atoms with Crippen LogP contribution in [-0.4, -0.2) is 11.0 Å². The minimum Gasteiger partial charge on any atom is -0.327 e. The molecule has 0 amide bonds. The Hall–Kier alpha value is -0.890. The van der Waals surface area contributed by atoms with Crippen LogP contribution in [-0.2, 0) is 6.42 Å². The lowest BCUT2D eigenvalue weighted by molar-refractivity contribution is 0.452. The maximum atomic E-state index is 5.97. The highest BCUT2D eigenvalue weighted by Gasteiger charge is 2.06. The molecule has 14 heavy (non-hydrogen) atoms. The lowest BCUT2D eigenvalue weighted by atomic mass is 9.98. The van der Waals surface area contributed by atoms with Crippen LogP contribution < -0.4 is 5.73 Å². The molecule has 0 saturated carbocycles. The van der Waals surface area contributed by atoms with Gasteiger partial charge in [0.2, 0.25) is 0 Å². The number of pyridine rings is 1. The lowest BCUT2D eigenvalue weighted by Gasteiger charge is -2.14. The first-order valence-corrected chi connectivity index (χ1v) is 5.34. The highest BCUT2D eigenvalue weighted by molar-refractivity contribution is 5.08. The standard InChI is InChI=1S/C12H20N2/c1-10(2)12(13)7-3-5-11-6-4-8-14-9-11/h4,6,8-10,12H,3,5,7,13H2,1-2H3. The van der Waals surface area contributed by atoms with Gasteiger partial charge in [-0.15, -0.1) is 0 Å².